The molecule has 0 atom stereocenters. The highest BCUT2D eigenvalue weighted by atomic mass is 19.4. The van der Waals surface area contributed by atoms with Crippen LogP contribution in [-0.4, -0.2) is 18.3 Å². The molecule has 0 aliphatic carbocycles. The molecule has 0 heterocycles. The molecule has 0 radical (unpaired) electrons. The van der Waals surface area contributed by atoms with Crippen LogP contribution in [0.5, 0.6) is 5.75 Å². The highest BCUT2D eigenvalue weighted by molar-refractivity contribution is 5.89. The third kappa shape index (κ3) is 7.92. The zero-order valence-corrected chi connectivity index (χ0v) is 16.8. The summed E-state index contributed by atoms with van der Waals surface area (Å²) in [6, 6.07) is 13.9. The Hall–Kier alpha value is -2.78. The molecule has 0 unspecified atom stereocenters. The van der Waals surface area contributed by atoms with Crippen molar-refractivity contribution in [2.24, 2.45) is 0 Å². The van der Waals surface area contributed by atoms with Gasteiger partial charge in [-0.05, 0) is 54.3 Å². The van der Waals surface area contributed by atoms with Crippen molar-refractivity contribution < 1.29 is 23.0 Å². The molecule has 0 amide bonds. The quantitative estimate of drug-likeness (QED) is 0.259. The zero-order chi connectivity index (χ0) is 21.8. The Balaban J connectivity index is 1.87. The van der Waals surface area contributed by atoms with Gasteiger partial charge in [-0.2, -0.15) is 18.4 Å². The number of ether oxygens (including phenoxy) is 1. The first-order chi connectivity index (χ1) is 14.4. The van der Waals surface area contributed by atoms with Crippen LogP contribution in [0.3, 0.4) is 0 Å². The van der Waals surface area contributed by atoms with Crippen molar-refractivity contribution in [3.63, 3.8) is 0 Å². The number of rotatable bonds is 11. The van der Waals surface area contributed by atoms with E-state index in [-0.39, 0.29) is 6.61 Å². The Labute approximate surface area is 175 Å². The number of hydrogen-bond acceptors (Lipinski definition) is 3. The van der Waals surface area contributed by atoms with Crippen LogP contribution in [0.25, 0.3) is 11.6 Å². The van der Waals surface area contributed by atoms with Crippen LogP contribution in [-0.2, 0) is 6.18 Å². The molecule has 0 bridgehead atoms. The first-order valence-corrected chi connectivity index (χ1v) is 10.1. The number of aliphatic hydroxyl groups excluding tert-OH is 1. The molecule has 0 aliphatic rings. The average Bonchev–Trinajstić information content (AvgIpc) is 2.74. The molecule has 0 saturated carbocycles. The number of aliphatic hydroxyl groups is 1. The van der Waals surface area contributed by atoms with E-state index in [1.807, 2.05) is 30.3 Å². The van der Waals surface area contributed by atoms with Crippen LogP contribution in [0.4, 0.5) is 13.2 Å². The summed E-state index contributed by atoms with van der Waals surface area (Å²) in [5.74, 6) is 0.737. The summed E-state index contributed by atoms with van der Waals surface area (Å²) in [5.41, 5.74) is 0.751. The molecule has 0 spiro atoms. The Morgan fingerprint density at radius 1 is 0.900 bits per heavy atom. The SMILES string of the molecule is N#C/C(=C\c1ccc(OCCCCCCCCO)cc1)c1ccc(C(F)(F)F)cc1. The first kappa shape index (κ1) is 23.5. The zero-order valence-electron chi connectivity index (χ0n) is 16.8. The van der Waals surface area contributed by atoms with Gasteiger partial charge in [-0.1, -0.05) is 49.9 Å². The van der Waals surface area contributed by atoms with Crippen LogP contribution in [0.1, 0.15) is 55.2 Å². The van der Waals surface area contributed by atoms with E-state index in [2.05, 4.69) is 0 Å². The van der Waals surface area contributed by atoms with Crippen molar-refractivity contribution in [2.75, 3.05) is 13.2 Å². The van der Waals surface area contributed by atoms with E-state index in [9.17, 15) is 18.4 Å². The second kappa shape index (κ2) is 12.0. The van der Waals surface area contributed by atoms with Crippen molar-refractivity contribution >= 4 is 11.6 Å². The van der Waals surface area contributed by atoms with Gasteiger partial charge in [0.05, 0.1) is 23.8 Å². The van der Waals surface area contributed by atoms with E-state index in [1.54, 1.807) is 6.08 Å². The monoisotopic (exact) mass is 417 g/mol. The minimum Gasteiger partial charge on any atom is -0.494 e. The summed E-state index contributed by atoms with van der Waals surface area (Å²) in [7, 11) is 0. The van der Waals surface area contributed by atoms with Gasteiger partial charge in [0.2, 0.25) is 0 Å². The fraction of sp³-hybridized carbons (Fsp3) is 0.375. The molecular weight excluding hydrogens is 391 g/mol. The average molecular weight is 417 g/mol. The smallest absolute Gasteiger partial charge is 0.416 e. The van der Waals surface area contributed by atoms with Crippen molar-refractivity contribution in [1.82, 2.24) is 0 Å². The van der Waals surface area contributed by atoms with Gasteiger partial charge in [-0.15, -0.1) is 0 Å². The summed E-state index contributed by atoms with van der Waals surface area (Å²) in [4.78, 5) is 0. The number of benzene rings is 2. The molecule has 0 fully saturated rings. The summed E-state index contributed by atoms with van der Waals surface area (Å²) in [5, 5.41) is 18.1. The van der Waals surface area contributed by atoms with Crippen LogP contribution >= 0.6 is 0 Å². The van der Waals surface area contributed by atoms with E-state index >= 15 is 0 Å². The minimum absolute atomic E-state index is 0.258. The molecule has 6 heteroatoms. The van der Waals surface area contributed by atoms with Gasteiger partial charge in [0.1, 0.15) is 5.75 Å². The van der Waals surface area contributed by atoms with Gasteiger partial charge in [-0.3, -0.25) is 0 Å². The molecule has 0 saturated heterocycles. The lowest BCUT2D eigenvalue weighted by Gasteiger charge is -2.08. The van der Waals surface area contributed by atoms with Crippen LogP contribution in [0.15, 0.2) is 48.5 Å². The summed E-state index contributed by atoms with van der Waals surface area (Å²) in [6.45, 7) is 0.888. The summed E-state index contributed by atoms with van der Waals surface area (Å²) < 4.78 is 43.8. The summed E-state index contributed by atoms with van der Waals surface area (Å²) in [6.07, 6.45) is 3.48. The predicted molar refractivity (Wildman–Crippen MR) is 112 cm³/mol. The Morgan fingerprint density at radius 3 is 2.07 bits per heavy atom. The van der Waals surface area contributed by atoms with Gasteiger partial charge in [-0.25, -0.2) is 0 Å². The van der Waals surface area contributed by atoms with Gasteiger partial charge < -0.3 is 9.84 Å². The highest BCUT2D eigenvalue weighted by Gasteiger charge is 2.30. The maximum Gasteiger partial charge on any atom is 0.416 e. The summed E-state index contributed by atoms with van der Waals surface area (Å²) >= 11 is 0. The van der Waals surface area contributed by atoms with Crippen LogP contribution < -0.4 is 4.74 Å². The van der Waals surface area contributed by atoms with Gasteiger partial charge in [0, 0.05) is 6.61 Å². The first-order valence-electron chi connectivity index (χ1n) is 10.1. The fourth-order valence-electron chi connectivity index (χ4n) is 2.96. The van der Waals surface area contributed by atoms with Crippen molar-refractivity contribution in [2.45, 2.75) is 44.7 Å². The normalized spacial score (nSPS) is 11.9. The van der Waals surface area contributed by atoms with Crippen molar-refractivity contribution in [3.8, 4) is 11.8 Å². The van der Waals surface area contributed by atoms with Crippen molar-refractivity contribution in [3.05, 3.63) is 65.2 Å². The molecular formula is C24H26F3NO2. The molecule has 1 N–H and O–H groups in total. The minimum atomic E-state index is -4.40. The number of nitrogens with zero attached hydrogens (tertiary/aromatic N) is 1. The predicted octanol–water partition coefficient (Wildman–Crippen LogP) is 6.48. The van der Waals surface area contributed by atoms with Gasteiger partial charge >= 0.3 is 6.18 Å². The van der Waals surface area contributed by atoms with E-state index in [0.29, 0.717) is 17.7 Å². The Morgan fingerprint density at radius 2 is 1.50 bits per heavy atom. The number of unbranched alkanes of at least 4 members (excludes halogenated alkanes) is 5. The van der Waals surface area contributed by atoms with Crippen molar-refractivity contribution in [1.29, 1.82) is 5.26 Å². The lowest BCUT2D eigenvalue weighted by atomic mass is 10.0. The van der Waals surface area contributed by atoms with Gasteiger partial charge in [0.25, 0.3) is 0 Å². The molecule has 30 heavy (non-hydrogen) atoms. The third-order valence-corrected chi connectivity index (χ3v) is 4.66. The second-order valence-electron chi connectivity index (χ2n) is 7.01. The van der Waals surface area contributed by atoms with Crippen LogP contribution in [0, 0.1) is 11.3 Å². The van der Waals surface area contributed by atoms with E-state index in [1.165, 1.54) is 12.1 Å². The maximum atomic E-state index is 12.7. The lowest BCUT2D eigenvalue weighted by Crippen LogP contribution is -2.04. The number of halogens is 3. The number of nitriles is 1. The molecule has 0 aromatic heterocycles. The maximum absolute atomic E-state index is 12.7. The second-order valence-corrected chi connectivity index (χ2v) is 7.01. The number of allylic oxidation sites excluding steroid dienone is 1. The highest BCUT2D eigenvalue weighted by Crippen LogP contribution is 2.30. The fourth-order valence-corrected chi connectivity index (χ4v) is 2.96. The lowest BCUT2D eigenvalue weighted by molar-refractivity contribution is -0.137. The molecule has 2 aromatic carbocycles. The molecule has 0 aliphatic heterocycles. The van der Waals surface area contributed by atoms with E-state index < -0.39 is 11.7 Å². The Bertz CT molecular complexity index is 835. The van der Waals surface area contributed by atoms with E-state index in [4.69, 9.17) is 9.84 Å². The number of hydrogen-bond donors (Lipinski definition) is 1. The third-order valence-electron chi connectivity index (χ3n) is 4.66. The van der Waals surface area contributed by atoms with E-state index in [0.717, 1.165) is 62.0 Å². The molecule has 2 aromatic rings. The topological polar surface area (TPSA) is 53.2 Å². The number of alkyl halides is 3. The molecule has 2 rings (SSSR count). The Kier molecular flexibility index (Phi) is 9.43. The molecule has 3 nitrogen and oxygen atoms in total. The van der Waals surface area contributed by atoms with Crippen LogP contribution in [0.2, 0.25) is 0 Å². The largest absolute Gasteiger partial charge is 0.494 e. The standard InChI is InChI=1S/C24H26F3NO2/c25-24(26,27)22-11-9-20(10-12-22)21(18-28)17-19-7-13-23(14-8-19)30-16-6-4-2-1-3-5-15-29/h7-14,17,29H,1-6,15-16H2/b21-17+. The molecule has 160 valence electrons. The van der Waals surface area contributed by atoms with Gasteiger partial charge in [0.15, 0.2) is 0 Å².